The van der Waals surface area contributed by atoms with Gasteiger partial charge in [-0.05, 0) is 34.0 Å². The van der Waals surface area contributed by atoms with Crippen molar-refractivity contribution in [1.82, 2.24) is 4.72 Å². The predicted octanol–water partition coefficient (Wildman–Crippen LogP) is 2.63. The first-order valence-electron chi connectivity index (χ1n) is 5.06. The summed E-state index contributed by atoms with van der Waals surface area (Å²) in [5.41, 5.74) is 0.936. The maximum absolute atomic E-state index is 4.61. The van der Waals surface area contributed by atoms with Crippen LogP contribution < -0.4 is 4.72 Å². The van der Waals surface area contributed by atoms with Crippen LogP contribution in [0.15, 0.2) is 51.9 Å². The Morgan fingerprint density at radius 2 is 2.07 bits per heavy atom. The fourth-order valence-corrected chi connectivity index (χ4v) is 3.88. The molecule has 1 aromatic rings. The lowest BCUT2D eigenvalue weighted by Crippen LogP contribution is -2.28. The first-order valence-corrected chi connectivity index (χ1v) is 6.82. The van der Waals surface area contributed by atoms with E-state index in [9.17, 15) is 0 Å². The molecule has 0 spiro atoms. The van der Waals surface area contributed by atoms with Gasteiger partial charge in [-0.2, -0.15) is 0 Å². The molecule has 1 aliphatic rings. The highest BCUT2D eigenvalue weighted by molar-refractivity contribution is 8.01. The van der Waals surface area contributed by atoms with E-state index < -0.39 is 9.60 Å². The number of nitrogens with one attached hydrogen (secondary N) is 1. The van der Waals surface area contributed by atoms with E-state index in [1.54, 1.807) is 0 Å². The average molecular weight is 220 g/mol. The zero-order valence-electron chi connectivity index (χ0n) is 8.94. The number of hydrogen-bond donors (Lipinski definition) is 1. The van der Waals surface area contributed by atoms with Gasteiger partial charge in [0.25, 0.3) is 0 Å². The highest BCUT2D eigenvalue weighted by atomic mass is 32.2. The van der Waals surface area contributed by atoms with Crippen molar-refractivity contribution < 1.29 is 0 Å². The summed E-state index contributed by atoms with van der Waals surface area (Å²) in [6, 6.07) is 10.5. The van der Waals surface area contributed by atoms with Gasteiger partial charge in [-0.15, -0.1) is 0 Å². The van der Waals surface area contributed by atoms with E-state index in [4.69, 9.17) is 0 Å². The van der Waals surface area contributed by atoms with Crippen LogP contribution in [0.2, 0.25) is 0 Å². The molecule has 0 saturated carbocycles. The Balaban J connectivity index is 2.43. The van der Waals surface area contributed by atoms with Gasteiger partial charge in [0.15, 0.2) is 0 Å². The summed E-state index contributed by atoms with van der Waals surface area (Å²) < 4.78 is 8.10. The molecular formula is C12H16N2S. The summed E-state index contributed by atoms with van der Waals surface area (Å²) in [6.07, 6.45) is 1.01. The molecule has 15 heavy (non-hydrogen) atoms. The third-order valence-electron chi connectivity index (χ3n) is 2.55. The summed E-state index contributed by atoms with van der Waals surface area (Å²) in [6.45, 7) is 6.11. The van der Waals surface area contributed by atoms with Crippen LogP contribution in [0.1, 0.15) is 13.3 Å². The smallest absolute Gasteiger partial charge is 0.0598 e. The summed E-state index contributed by atoms with van der Waals surface area (Å²) >= 11 is 0. The zero-order valence-corrected chi connectivity index (χ0v) is 9.76. The Morgan fingerprint density at radius 1 is 1.40 bits per heavy atom. The van der Waals surface area contributed by atoms with Crippen molar-refractivity contribution in [2.45, 2.75) is 24.3 Å². The Hall–Kier alpha value is -1.06. The molecular weight excluding hydrogens is 204 g/mol. The van der Waals surface area contributed by atoms with Crippen molar-refractivity contribution in [3.63, 3.8) is 0 Å². The summed E-state index contributed by atoms with van der Waals surface area (Å²) in [7, 11) is -1.47. The number of hydrogen-bond acceptors (Lipinski definition) is 2. The van der Waals surface area contributed by atoms with Crippen molar-refractivity contribution in [2.24, 2.45) is 4.36 Å². The van der Waals surface area contributed by atoms with Crippen LogP contribution in [0, 0.1) is 0 Å². The SMILES string of the molecule is C=C1N=S(=C)(c2ccccc2)NC1CC. The fraction of sp³-hybridized carbons (Fsp3) is 0.250. The Labute approximate surface area is 91.8 Å². The Bertz CT molecular complexity index is 482. The van der Waals surface area contributed by atoms with Crippen LogP contribution in [-0.2, 0) is 9.60 Å². The quantitative estimate of drug-likeness (QED) is 0.761. The molecule has 0 aliphatic carbocycles. The molecule has 2 nitrogen and oxygen atoms in total. The molecule has 0 aromatic heterocycles. The van der Waals surface area contributed by atoms with Crippen LogP contribution in [-0.4, -0.2) is 11.9 Å². The normalized spacial score (nSPS) is 30.2. The van der Waals surface area contributed by atoms with E-state index >= 15 is 0 Å². The molecule has 2 unspecified atom stereocenters. The van der Waals surface area contributed by atoms with Gasteiger partial charge in [0.1, 0.15) is 0 Å². The molecule has 0 saturated heterocycles. The number of benzene rings is 1. The minimum atomic E-state index is -1.47. The molecule has 0 radical (unpaired) electrons. The lowest BCUT2D eigenvalue weighted by Gasteiger charge is -2.13. The van der Waals surface area contributed by atoms with Crippen LogP contribution in [0.25, 0.3) is 0 Å². The number of rotatable bonds is 2. The van der Waals surface area contributed by atoms with Gasteiger partial charge in [-0.1, -0.05) is 31.7 Å². The van der Waals surface area contributed by atoms with E-state index in [2.05, 4.69) is 40.6 Å². The molecule has 0 bridgehead atoms. The summed E-state index contributed by atoms with van der Waals surface area (Å²) in [5.74, 6) is 4.23. The molecule has 1 aromatic carbocycles. The van der Waals surface area contributed by atoms with Crippen molar-refractivity contribution in [3.05, 3.63) is 42.6 Å². The van der Waals surface area contributed by atoms with Gasteiger partial charge >= 0.3 is 0 Å². The van der Waals surface area contributed by atoms with E-state index in [-0.39, 0.29) is 6.04 Å². The van der Waals surface area contributed by atoms with Crippen molar-refractivity contribution in [1.29, 1.82) is 0 Å². The Morgan fingerprint density at radius 3 is 2.60 bits per heavy atom. The van der Waals surface area contributed by atoms with Crippen LogP contribution >= 0.6 is 0 Å². The van der Waals surface area contributed by atoms with Gasteiger partial charge in [0, 0.05) is 4.90 Å². The third kappa shape index (κ3) is 1.85. The largest absolute Gasteiger partial charge is 0.249 e. The van der Waals surface area contributed by atoms with E-state index in [1.807, 2.05) is 18.2 Å². The molecule has 2 rings (SSSR count). The first kappa shape index (κ1) is 10.5. The highest BCUT2D eigenvalue weighted by Gasteiger charge is 2.21. The lowest BCUT2D eigenvalue weighted by molar-refractivity contribution is 0.707. The van der Waals surface area contributed by atoms with E-state index in [1.165, 1.54) is 4.90 Å². The lowest BCUT2D eigenvalue weighted by atomic mass is 10.2. The van der Waals surface area contributed by atoms with Crippen LogP contribution in [0.5, 0.6) is 0 Å². The molecule has 1 N–H and O–H groups in total. The van der Waals surface area contributed by atoms with Crippen molar-refractivity contribution in [2.75, 3.05) is 0 Å². The van der Waals surface area contributed by atoms with Gasteiger partial charge in [0.2, 0.25) is 0 Å². The summed E-state index contributed by atoms with van der Waals surface area (Å²) in [5, 5.41) is 0. The topological polar surface area (TPSA) is 24.4 Å². The second-order valence-corrected chi connectivity index (χ2v) is 5.97. The first-order chi connectivity index (χ1) is 7.15. The van der Waals surface area contributed by atoms with Crippen LogP contribution in [0.4, 0.5) is 0 Å². The standard InChI is InChI=1S/C12H16N2S/c1-4-12-10(2)13-15(3,14-12)11-8-6-5-7-9-11/h5-9,12H,2-4H2,1H3,(H,13,14). The van der Waals surface area contributed by atoms with Crippen molar-refractivity contribution in [3.8, 4) is 0 Å². The predicted molar refractivity (Wildman–Crippen MR) is 68.0 cm³/mol. The number of nitrogens with zero attached hydrogens (tertiary/aromatic N) is 1. The third-order valence-corrected chi connectivity index (χ3v) is 4.83. The summed E-state index contributed by atoms with van der Waals surface area (Å²) in [4.78, 5) is 1.17. The van der Waals surface area contributed by atoms with Gasteiger partial charge in [0.05, 0.1) is 11.7 Å². The molecule has 2 atom stereocenters. The molecule has 0 amide bonds. The van der Waals surface area contributed by atoms with Gasteiger partial charge in [-0.3, -0.25) is 0 Å². The second kappa shape index (κ2) is 3.83. The fourth-order valence-electron chi connectivity index (χ4n) is 1.68. The van der Waals surface area contributed by atoms with Crippen molar-refractivity contribution >= 4 is 15.5 Å². The highest BCUT2D eigenvalue weighted by Crippen LogP contribution is 2.23. The zero-order chi connectivity index (χ0) is 10.9. The maximum Gasteiger partial charge on any atom is 0.0598 e. The molecule has 3 heteroatoms. The minimum Gasteiger partial charge on any atom is -0.249 e. The van der Waals surface area contributed by atoms with E-state index in [0.717, 1.165) is 12.1 Å². The van der Waals surface area contributed by atoms with Gasteiger partial charge in [-0.25, -0.2) is 9.08 Å². The monoisotopic (exact) mass is 220 g/mol. The molecule has 0 fully saturated rings. The second-order valence-electron chi connectivity index (χ2n) is 3.68. The van der Waals surface area contributed by atoms with Gasteiger partial charge < -0.3 is 0 Å². The molecule has 80 valence electrons. The average Bonchev–Trinajstić information content (AvgIpc) is 2.56. The van der Waals surface area contributed by atoms with Crippen LogP contribution in [0.3, 0.4) is 0 Å². The molecule has 1 heterocycles. The van der Waals surface area contributed by atoms with E-state index in [0.29, 0.717) is 0 Å². The Kier molecular flexibility index (Phi) is 2.67. The maximum atomic E-state index is 4.61. The molecule has 1 aliphatic heterocycles. The minimum absolute atomic E-state index is 0.290.